The summed E-state index contributed by atoms with van der Waals surface area (Å²) in [5, 5.41) is 0. The molecule has 0 saturated carbocycles. The molecule has 0 aliphatic rings. The van der Waals surface area contributed by atoms with Gasteiger partial charge in [-0.1, -0.05) is 145 Å². The molecule has 2 aromatic carbocycles. The van der Waals surface area contributed by atoms with Crippen molar-refractivity contribution in [2.75, 3.05) is 19.0 Å². The van der Waals surface area contributed by atoms with Crippen LogP contribution in [-0.4, -0.2) is 23.5 Å². The number of hydrogen-bond donors (Lipinski definition) is 0. The summed E-state index contributed by atoms with van der Waals surface area (Å²) in [4.78, 5) is 0. The molecule has 0 fully saturated rings. The predicted octanol–water partition coefficient (Wildman–Crippen LogP) is 9.92. The molecular weight excluding hydrogens is 434 g/mol. The lowest BCUT2D eigenvalue weighted by atomic mass is 10.0. The Labute approximate surface area is 216 Å². The van der Waals surface area contributed by atoms with Crippen molar-refractivity contribution in [1.29, 1.82) is 0 Å². The molecule has 0 amide bonds. The van der Waals surface area contributed by atoms with Gasteiger partial charge in [0.05, 0.1) is 19.0 Å². The number of benzene rings is 2. The topological polar surface area (TPSA) is 0 Å². The van der Waals surface area contributed by atoms with Gasteiger partial charge in [0.25, 0.3) is 0 Å². The molecule has 0 aromatic heterocycles. The van der Waals surface area contributed by atoms with Crippen molar-refractivity contribution in [2.24, 2.45) is 0 Å². The van der Waals surface area contributed by atoms with Gasteiger partial charge < -0.3 is 4.48 Å². The SMILES string of the molecule is CCCCCCCCCCCCCCCC[N+](CCCl)(Cc1ccccc1)Cc1ccccc1. The summed E-state index contributed by atoms with van der Waals surface area (Å²) in [6, 6.07) is 22.0. The molecule has 0 spiro atoms. The summed E-state index contributed by atoms with van der Waals surface area (Å²) in [5.41, 5.74) is 2.85. The second-order valence-corrected chi connectivity index (χ2v) is 10.7. The van der Waals surface area contributed by atoms with E-state index in [1.165, 1.54) is 108 Å². The van der Waals surface area contributed by atoms with Crippen LogP contribution in [0.2, 0.25) is 0 Å². The van der Waals surface area contributed by atoms with Crippen LogP contribution in [0.3, 0.4) is 0 Å². The fourth-order valence-electron chi connectivity index (χ4n) is 5.25. The maximum atomic E-state index is 6.37. The molecule has 1 nitrogen and oxygen atoms in total. The number of quaternary nitrogens is 1. The zero-order valence-corrected chi connectivity index (χ0v) is 22.8. The fourth-order valence-corrected chi connectivity index (χ4v) is 5.60. The highest BCUT2D eigenvalue weighted by Gasteiger charge is 2.27. The van der Waals surface area contributed by atoms with E-state index in [2.05, 4.69) is 67.6 Å². The van der Waals surface area contributed by atoms with Gasteiger partial charge in [0.2, 0.25) is 0 Å². The van der Waals surface area contributed by atoms with Crippen LogP contribution in [0, 0.1) is 0 Å². The van der Waals surface area contributed by atoms with Gasteiger partial charge in [-0.2, -0.15) is 0 Å². The van der Waals surface area contributed by atoms with Crippen molar-refractivity contribution in [3.63, 3.8) is 0 Å². The number of hydrogen-bond acceptors (Lipinski definition) is 0. The summed E-state index contributed by atoms with van der Waals surface area (Å²) >= 11 is 6.37. The highest BCUT2D eigenvalue weighted by molar-refractivity contribution is 6.17. The monoisotopic (exact) mass is 484 g/mol. The lowest BCUT2D eigenvalue weighted by Gasteiger charge is -2.39. The lowest BCUT2D eigenvalue weighted by Crippen LogP contribution is -2.48. The van der Waals surface area contributed by atoms with Crippen LogP contribution in [-0.2, 0) is 13.1 Å². The average Bonchev–Trinajstić information content (AvgIpc) is 2.86. The van der Waals surface area contributed by atoms with Crippen molar-refractivity contribution in [2.45, 2.75) is 110 Å². The Morgan fingerprint density at radius 1 is 0.500 bits per heavy atom. The van der Waals surface area contributed by atoms with E-state index in [1.54, 1.807) is 0 Å². The molecule has 2 aromatic rings. The number of nitrogens with zero attached hydrogens (tertiary/aromatic N) is 1. The van der Waals surface area contributed by atoms with Crippen LogP contribution in [0.4, 0.5) is 0 Å². The van der Waals surface area contributed by atoms with Crippen LogP contribution in [0.5, 0.6) is 0 Å². The summed E-state index contributed by atoms with van der Waals surface area (Å²) in [5.74, 6) is 0.721. The Morgan fingerprint density at radius 3 is 1.26 bits per heavy atom. The van der Waals surface area contributed by atoms with E-state index in [4.69, 9.17) is 11.6 Å². The van der Waals surface area contributed by atoms with Crippen LogP contribution in [0.15, 0.2) is 60.7 Å². The zero-order valence-electron chi connectivity index (χ0n) is 22.0. The Kier molecular flexibility index (Phi) is 16.1. The van der Waals surface area contributed by atoms with Crippen molar-refractivity contribution in [1.82, 2.24) is 0 Å². The minimum absolute atomic E-state index is 0.721. The first kappa shape index (κ1) is 28.9. The molecule has 0 N–H and O–H groups in total. The third-order valence-electron chi connectivity index (χ3n) is 7.27. The molecule has 2 heteroatoms. The number of alkyl halides is 1. The summed E-state index contributed by atoms with van der Waals surface area (Å²) in [6.45, 7) is 6.69. The third-order valence-corrected chi connectivity index (χ3v) is 7.44. The molecule has 0 unspecified atom stereocenters. The van der Waals surface area contributed by atoms with Crippen molar-refractivity contribution in [3.8, 4) is 0 Å². The maximum Gasteiger partial charge on any atom is 0.105 e. The molecule has 0 bridgehead atoms. The van der Waals surface area contributed by atoms with Crippen LogP contribution in [0.25, 0.3) is 0 Å². The van der Waals surface area contributed by atoms with Crippen molar-refractivity contribution in [3.05, 3.63) is 71.8 Å². The first-order valence-electron chi connectivity index (χ1n) is 14.3. The van der Waals surface area contributed by atoms with Gasteiger partial charge in [-0.15, -0.1) is 11.6 Å². The maximum absolute atomic E-state index is 6.37. The van der Waals surface area contributed by atoms with Crippen LogP contribution in [0.1, 0.15) is 108 Å². The van der Waals surface area contributed by atoms with Crippen LogP contribution >= 0.6 is 11.6 Å². The summed E-state index contributed by atoms with van der Waals surface area (Å²) in [7, 11) is 0. The van der Waals surface area contributed by atoms with E-state index >= 15 is 0 Å². The minimum Gasteiger partial charge on any atom is -0.315 e. The molecule has 0 atom stereocenters. The highest BCUT2D eigenvalue weighted by Crippen LogP contribution is 2.22. The van der Waals surface area contributed by atoms with E-state index in [-0.39, 0.29) is 0 Å². The fraction of sp³-hybridized carbons (Fsp3) is 0.625. The molecule has 0 heterocycles. The van der Waals surface area contributed by atoms with E-state index in [0.29, 0.717) is 0 Å². The first-order chi connectivity index (χ1) is 16.8. The van der Waals surface area contributed by atoms with E-state index in [0.717, 1.165) is 30.0 Å². The Balaban J connectivity index is 1.70. The number of unbranched alkanes of at least 4 members (excludes halogenated alkanes) is 13. The number of halogens is 1. The standard InChI is InChI=1S/C32H51ClN/c1-2-3-4-5-6-7-8-9-10-11-12-13-14-21-27-34(28-26-33,29-31-22-17-15-18-23-31)30-32-24-19-16-20-25-32/h15-20,22-25H,2-14,21,26-30H2,1H3/q+1. The van der Waals surface area contributed by atoms with Gasteiger partial charge in [0, 0.05) is 11.1 Å². The Hall–Kier alpha value is -1.31. The van der Waals surface area contributed by atoms with E-state index < -0.39 is 0 Å². The Bertz CT molecular complexity index is 658. The highest BCUT2D eigenvalue weighted by atomic mass is 35.5. The minimum atomic E-state index is 0.721. The Morgan fingerprint density at radius 2 is 0.882 bits per heavy atom. The van der Waals surface area contributed by atoms with Gasteiger partial charge in [-0.05, 0) is 12.8 Å². The van der Waals surface area contributed by atoms with Crippen molar-refractivity contribution < 1.29 is 4.48 Å². The molecule has 0 aliphatic heterocycles. The third kappa shape index (κ3) is 13.0. The van der Waals surface area contributed by atoms with E-state index in [1.807, 2.05) is 0 Å². The molecule has 0 aliphatic carbocycles. The smallest absolute Gasteiger partial charge is 0.105 e. The largest absolute Gasteiger partial charge is 0.315 e. The van der Waals surface area contributed by atoms with Crippen LogP contribution < -0.4 is 0 Å². The van der Waals surface area contributed by atoms with Gasteiger partial charge in [0.15, 0.2) is 0 Å². The first-order valence-corrected chi connectivity index (χ1v) is 14.8. The number of rotatable bonds is 21. The second kappa shape index (κ2) is 18.9. The predicted molar refractivity (Wildman–Crippen MR) is 151 cm³/mol. The molecule has 0 radical (unpaired) electrons. The molecular formula is C32H51ClN+. The molecule has 2 rings (SSSR count). The molecule has 190 valence electrons. The normalized spacial score (nSPS) is 11.7. The van der Waals surface area contributed by atoms with Crippen molar-refractivity contribution >= 4 is 11.6 Å². The average molecular weight is 485 g/mol. The van der Waals surface area contributed by atoms with Gasteiger partial charge in [-0.3, -0.25) is 0 Å². The zero-order chi connectivity index (χ0) is 24.2. The molecule has 34 heavy (non-hydrogen) atoms. The van der Waals surface area contributed by atoms with Gasteiger partial charge in [0.1, 0.15) is 13.1 Å². The van der Waals surface area contributed by atoms with Gasteiger partial charge >= 0.3 is 0 Å². The lowest BCUT2D eigenvalue weighted by molar-refractivity contribution is -0.951. The van der Waals surface area contributed by atoms with Gasteiger partial charge in [-0.25, -0.2) is 0 Å². The summed E-state index contributed by atoms with van der Waals surface area (Å²) < 4.78 is 1.07. The second-order valence-electron chi connectivity index (χ2n) is 10.4. The summed E-state index contributed by atoms with van der Waals surface area (Å²) in [6.07, 6.45) is 19.8. The quantitative estimate of drug-likeness (QED) is 0.0938. The molecule has 0 saturated heterocycles. The van der Waals surface area contributed by atoms with E-state index in [9.17, 15) is 0 Å².